The fraction of sp³-hybridized carbons (Fsp3) is 0.429. The average molecular weight is 234 g/mol. The molecule has 0 aromatic heterocycles. The first kappa shape index (κ1) is 12.3. The van der Waals surface area contributed by atoms with Crippen LogP contribution >= 0.6 is 0 Å². The molecule has 1 aliphatic heterocycles. The molecule has 0 saturated heterocycles. The highest BCUT2D eigenvalue weighted by atomic mass is 16.7. The number of aliphatic hydroxyl groups excluding tert-OH is 1. The summed E-state index contributed by atoms with van der Waals surface area (Å²) in [4.78, 5) is 0. The highest BCUT2D eigenvalue weighted by Gasteiger charge is 2.24. The van der Waals surface area contributed by atoms with Gasteiger partial charge in [-0.3, -0.25) is 0 Å². The van der Waals surface area contributed by atoms with E-state index in [0.717, 1.165) is 12.0 Å². The normalized spacial score (nSPS) is 25.8. The smallest absolute Gasteiger partial charge is 0.161 e. The zero-order valence-electron chi connectivity index (χ0n) is 9.95. The van der Waals surface area contributed by atoms with Gasteiger partial charge in [0.05, 0.1) is 6.10 Å². The standard InChI is InChI=1S/C14H18O3/c1-16-14-9-5-8-13(17-14)12(15)10-11-6-3-2-4-7-11/h2-8,12-15H,9-10H2,1H3/t12-,13-,14+/m1/s1. The molecular weight excluding hydrogens is 216 g/mol. The van der Waals surface area contributed by atoms with Crippen molar-refractivity contribution < 1.29 is 14.6 Å². The van der Waals surface area contributed by atoms with Crippen LogP contribution in [0.15, 0.2) is 42.5 Å². The van der Waals surface area contributed by atoms with E-state index in [1.165, 1.54) is 0 Å². The van der Waals surface area contributed by atoms with E-state index in [1.807, 2.05) is 42.5 Å². The zero-order chi connectivity index (χ0) is 12.1. The van der Waals surface area contributed by atoms with Crippen molar-refractivity contribution in [2.24, 2.45) is 0 Å². The van der Waals surface area contributed by atoms with Crippen LogP contribution in [0.3, 0.4) is 0 Å². The van der Waals surface area contributed by atoms with Gasteiger partial charge in [0.1, 0.15) is 6.10 Å². The Morgan fingerprint density at radius 2 is 2.18 bits per heavy atom. The Morgan fingerprint density at radius 3 is 2.88 bits per heavy atom. The highest BCUT2D eigenvalue weighted by Crippen LogP contribution is 2.17. The minimum atomic E-state index is -0.536. The molecule has 0 spiro atoms. The lowest BCUT2D eigenvalue weighted by Crippen LogP contribution is -2.35. The molecule has 0 bridgehead atoms. The molecule has 1 N–H and O–H groups in total. The molecule has 1 aromatic rings. The molecule has 0 amide bonds. The first-order valence-electron chi connectivity index (χ1n) is 5.86. The van der Waals surface area contributed by atoms with E-state index in [9.17, 15) is 5.11 Å². The fourth-order valence-corrected chi connectivity index (χ4v) is 1.94. The molecular formula is C14H18O3. The van der Waals surface area contributed by atoms with E-state index in [2.05, 4.69) is 0 Å². The molecule has 0 aliphatic carbocycles. The van der Waals surface area contributed by atoms with Gasteiger partial charge in [-0.2, -0.15) is 0 Å². The van der Waals surface area contributed by atoms with Crippen molar-refractivity contribution in [3.05, 3.63) is 48.0 Å². The van der Waals surface area contributed by atoms with Crippen LogP contribution in [0.1, 0.15) is 12.0 Å². The number of aliphatic hydroxyl groups is 1. The largest absolute Gasteiger partial charge is 0.390 e. The Bertz CT molecular complexity index is 361. The SMILES string of the molecule is CO[C@@H]1CC=C[C@H]([C@H](O)Cc2ccccc2)O1. The summed E-state index contributed by atoms with van der Waals surface area (Å²) in [5, 5.41) is 10.1. The lowest BCUT2D eigenvalue weighted by atomic mass is 10.0. The van der Waals surface area contributed by atoms with Gasteiger partial charge in [-0.25, -0.2) is 0 Å². The molecule has 3 heteroatoms. The van der Waals surface area contributed by atoms with Gasteiger partial charge in [-0.05, 0) is 5.56 Å². The second-order valence-electron chi connectivity index (χ2n) is 4.19. The van der Waals surface area contributed by atoms with Crippen molar-refractivity contribution in [3.8, 4) is 0 Å². The van der Waals surface area contributed by atoms with Crippen molar-refractivity contribution in [2.45, 2.75) is 31.3 Å². The topological polar surface area (TPSA) is 38.7 Å². The van der Waals surface area contributed by atoms with Crippen molar-refractivity contribution in [1.29, 1.82) is 0 Å². The second-order valence-corrected chi connectivity index (χ2v) is 4.19. The molecule has 3 nitrogen and oxygen atoms in total. The van der Waals surface area contributed by atoms with Gasteiger partial charge in [-0.1, -0.05) is 42.5 Å². The van der Waals surface area contributed by atoms with E-state index >= 15 is 0 Å². The third-order valence-corrected chi connectivity index (χ3v) is 2.89. The van der Waals surface area contributed by atoms with Crippen LogP contribution in [0.25, 0.3) is 0 Å². The van der Waals surface area contributed by atoms with Crippen LogP contribution in [-0.2, 0) is 15.9 Å². The summed E-state index contributed by atoms with van der Waals surface area (Å²) in [6.07, 6.45) is 4.17. The van der Waals surface area contributed by atoms with Crippen LogP contribution in [0.5, 0.6) is 0 Å². The quantitative estimate of drug-likeness (QED) is 0.809. The van der Waals surface area contributed by atoms with Gasteiger partial charge in [0.2, 0.25) is 0 Å². The van der Waals surface area contributed by atoms with E-state index in [4.69, 9.17) is 9.47 Å². The third kappa shape index (κ3) is 3.40. The Hall–Kier alpha value is -1.16. The number of rotatable bonds is 4. The van der Waals surface area contributed by atoms with Gasteiger partial charge in [0.15, 0.2) is 6.29 Å². The first-order valence-corrected chi connectivity index (χ1v) is 5.86. The minimum Gasteiger partial charge on any atom is -0.390 e. The number of hydrogen-bond donors (Lipinski definition) is 1. The first-order chi connectivity index (χ1) is 8.29. The van der Waals surface area contributed by atoms with E-state index in [-0.39, 0.29) is 12.4 Å². The number of hydrogen-bond acceptors (Lipinski definition) is 3. The Kier molecular flexibility index (Phi) is 4.31. The van der Waals surface area contributed by atoms with Gasteiger partial charge in [0, 0.05) is 20.0 Å². The van der Waals surface area contributed by atoms with Gasteiger partial charge in [-0.15, -0.1) is 0 Å². The summed E-state index contributed by atoms with van der Waals surface area (Å²) in [6, 6.07) is 9.91. The summed E-state index contributed by atoms with van der Waals surface area (Å²) in [6.45, 7) is 0. The Labute approximate surface area is 102 Å². The maximum atomic E-state index is 10.1. The highest BCUT2D eigenvalue weighted by molar-refractivity contribution is 5.16. The molecule has 3 atom stereocenters. The molecule has 0 unspecified atom stereocenters. The second kappa shape index (κ2) is 5.96. The molecule has 92 valence electrons. The van der Waals surface area contributed by atoms with E-state index in [1.54, 1.807) is 7.11 Å². The average Bonchev–Trinajstić information content (AvgIpc) is 2.40. The van der Waals surface area contributed by atoms with E-state index < -0.39 is 6.10 Å². The molecule has 1 heterocycles. The molecule has 0 fully saturated rings. The van der Waals surface area contributed by atoms with Gasteiger partial charge in [0.25, 0.3) is 0 Å². The van der Waals surface area contributed by atoms with Crippen LogP contribution in [0.4, 0.5) is 0 Å². The predicted molar refractivity (Wildman–Crippen MR) is 65.6 cm³/mol. The van der Waals surface area contributed by atoms with Crippen molar-refractivity contribution in [3.63, 3.8) is 0 Å². The maximum absolute atomic E-state index is 10.1. The summed E-state index contributed by atoms with van der Waals surface area (Å²) in [7, 11) is 1.62. The summed E-state index contributed by atoms with van der Waals surface area (Å²) in [5.74, 6) is 0. The summed E-state index contributed by atoms with van der Waals surface area (Å²) >= 11 is 0. The lowest BCUT2D eigenvalue weighted by molar-refractivity contribution is -0.169. The summed E-state index contributed by atoms with van der Waals surface area (Å²) < 4.78 is 10.7. The molecule has 2 rings (SSSR count). The Balaban J connectivity index is 1.94. The van der Waals surface area contributed by atoms with Gasteiger partial charge >= 0.3 is 0 Å². The van der Waals surface area contributed by atoms with Crippen LogP contribution in [0, 0.1) is 0 Å². The summed E-state index contributed by atoms with van der Waals surface area (Å²) in [5.41, 5.74) is 1.11. The van der Waals surface area contributed by atoms with Crippen molar-refractivity contribution in [1.82, 2.24) is 0 Å². The van der Waals surface area contributed by atoms with Gasteiger partial charge < -0.3 is 14.6 Å². The molecule has 1 aromatic carbocycles. The van der Waals surface area contributed by atoms with Crippen molar-refractivity contribution >= 4 is 0 Å². The Morgan fingerprint density at radius 1 is 1.41 bits per heavy atom. The molecule has 17 heavy (non-hydrogen) atoms. The van der Waals surface area contributed by atoms with E-state index in [0.29, 0.717) is 6.42 Å². The number of methoxy groups -OCH3 is 1. The number of ether oxygens (including phenoxy) is 2. The van der Waals surface area contributed by atoms with Crippen LogP contribution in [0.2, 0.25) is 0 Å². The molecule has 0 saturated carbocycles. The monoisotopic (exact) mass is 234 g/mol. The number of benzene rings is 1. The molecule has 0 radical (unpaired) electrons. The predicted octanol–water partition coefficient (Wildman–Crippen LogP) is 1.91. The maximum Gasteiger partial charge on any atom is 0.161 e. The minimum absolute atomic E-state index is 0.240. The molecule has 1 aliphatic rings. The third-order valence-electron chi connectivity index (χ3n) is 2.89. The zero-order valence-corrected chi connectivity index (χ0v) is 9.95. The van der Waals surface area contributed by atoms with Crippen molar-refractivity contribution in [2.75, 3.05) is 7.11 Å². The fourth-order valence-electron chi connectivity index (χ4n) is 1.94. The lowest BCUT2D eigenvalue weighted by Gasteiger charge is -2.28. The van der Waals surface area contributed by atoms with Crippen LogP contribution in [-0.4, -0.2) is 30.7 Å². The van der Waals surface area contributed by atoms with Crippen LogP contribution < -0.4 is 0 Å².